The van der Waals surface area contributed by atoms with Crippen molar-refractivity contribution in [1.29, 1.82) is 0 Å². The molecule has 190 valence electrons. The van der Waals surface area contributed by atoms with Gasteiger partial charge in [-0.25, -0.2) is 0 Å². The van der Waals surface area contributed by atoms with Crippen LogP contribution in [0.5, 0.6) is 0 Å². The standard InChI is InChI=1S/C26H48N4O3/c1-4-29-14-8-22(9-15-29)30-16-11-26(12-17-30)10-5-6-18-33-19-7-13-27-24(31)23(20-21(2)3)28-25(26)32/h21-23H,4-20H2,1-3H3,(H,27,31)(H,28,32)/t23-/m0/s1. The van der Waals surface area contributed by atoms with Crippen LogP contribution in [0, 0.1) is 11.3 Å². The van der Waals surface area contributed by atoms with Crippen LogP contribution in [0.2, 0.25) is 0 Å². The summed E-state index contributed by atoms with van der Waals surface area (Å²) in [6.07, 6.45) is 8.63. The number of ether oxygens (including phenoxy) is 1. The third-order valence-electron chi connectivity index (χ3n) is 8.05. The fourth-order valence-corrected chi connectivity index (χ4v) is 5.80. The third kappa shape index (κ3) is 7.66. The summed E-state index contributed by atoms with van der Waals surface area (Å²) >= 11 is 0. The van der Waals surface area contributed by atoms with E-state index in [1.54, 1.807) is 0 Å². The Labute approximate surface area is 201 Å². The average molecular weight is 465 g/mol. The first kappa shape index (κ1) is 26.4. The van der Waals surface area contributed by atoms with Crippen molar-refractivity contribution in [3.8, 4) is 0 Å². The largest absolute Gasteiger partial charge is 0.381 e. The second kappa shape index (κ2) is 13.1. The highest BCUT2D eigenvalue weighted by molar-refractivity contribution is 5.90. The molecule has 33 heavy (non-hydrogen) atoms. The summed E-state index contributed by atoms with van der Waals surface area (Å²) in [5.74, 6) is 0.390. The highest BCUT2D eigenvalue weighted by Gasteiger charge is 2.43. The second-order valence-electron chi connectivity index (χ2n) is 10.9. The summed E-state index contributed by atoms with van der Waals surface area (Å²) in [4.78, 5) is 31.8. The van der Waals surface area contributed by atoms with Gasteiger partial charge in [0.25, 0.3) is 0 Å². The smallest absolute Gasteiger partial charge is 0.242 e. The molecule has 7 nitrogen and oxygen atoms in total. The highest BCUT2D eigenvalue weighted by atomic mass is 16.5. The van der Waals surface area contributed by atoms with Crippen LogP contribution in [0.15, 0.2) is 0 Å². The number of carbonyl (C=O) groups excluding carboxylic acids is 2. The lowest BCUT2D eigenvalue weighted by atomic mass is 9.73. The molecule has 2 N–H and O–H groups in total. The molecule has 3 fully saturated rings. The lowest BCUT2D eigenvalue weighted by molar-refractivity contribution is -0.139. The van der Waals surface area contributed by atoms with Crippen molar-refractivity contribution in [2.75, 3.05) is 52.5 Å². The van der Waals surface area contributed by atoms with E-state index in [4.69, 9.17) is 4.74 Å². The summed E-state index contributed by atoms with van der Waals surface area (Å²) in [6.45, 7) is 14.0. The Morgan fingerprint density at radius 3 is 2.36 bits per heavy atom. The Kier molecular flexibility index (Phi) is 10.5. The quantitative estimate of drug-likeness (QED) is 0.669. The molecule has 0 unspecified atom stereocenters. The minimum atomic E-state index is -0.449. The van der Waals surface area contributed by atoms with Crippen molar-refractivity contribution < 1.29 is 14.3 Å². The predicted octanol–water partition coefficient (Wildman–Crippen LogP) is 2.79. The maximum absolute atomic E-state index is 13.7. The van der Waals surface area contributed by atoms with E-state index in [-0.39, 0.29) is 17.2 Å². The van der Waals surface area contributed by atoms with Crippen LogP contribution < -0.4 is 10.6 Å². The van der Waals surface area contributed by atoms with Gasteiger partial charge in [0.15, 0.2) is 0 Å². The molecule has 0 radical (unpaired) electrons. The van der Waals surface area contributed by atoms with Crippen LogP contribution in [-0.4, -0.2) is 86.2 Å². The number of hydrogen-bond acceptors (Lipinski definition) is 5. The molecular weight excluding hydrogens is 416 g/mol. The number of hydrogen-bond donors (Lipinski definition) is 2. The van der Waals surface area contributed by atoms with Crippen LogP contribution in [-0.2, 0) is 14.3 Å². The van der Waals surface area contributed by atoms with Crippen molar-refractivity contribution in [2.24, 2.45) is 11.3 Å². The Hall–Kier alpha value is -1.18. The number of likely N-dealkylation sites (tertiary alicyclic amines) is 2. The summed E-state index contributed by atoms with van der Waals surface area (Å²) in [7, 11) is 0. The Balaban J connectivity index is 1.66. The maximum atomic E-state index is 13.7. The lowest BCUT2D eigenvalue weighted by Gasteiger charge is -2.46. The van der Waals surface area contributed by atoms with E-state index in [9.17, 15) is 9.59 Å². The zero-order chi connectivity index (χ0) is 23.7. The van der Waals surface area contributed by atoms with Gasteiger partial charge < -0.3 is 25.2 Å². The maximum Gasteiger partial charge on any atom is 0.242 e. The summed E-state index contributed by atoms with van der Waals surface area (Å²) in [6, 6.07) is 0.203. The second-order valence-corrected chi connectivity index (χ2v) is 10.9. The molecule has 7 heteroatoms. The molecule has 3 heterocycles. The van der Waals surface area contributed by atoms with E-state index in [1.165, 1.54) is 25.9 Å². The minimum Gasteiger partial charge on any atom is -0.381 e. The number of piperidine rings is 2. The molecule has 0 aliphatic carbocycles. The van der Waals surface area contributed by atoms with Gasteiger partial charge in [-0.3, -0.25) is 9.59 Å². The first-order valence-corrected chi connectivity index (χ1v) is 13.6. The van der Waals surface area contributed by atoms with Gasteiger partial charge in [-0.05, 0) is 90.0 Å². The highest BCUT2D eigenvalue weighted by Crippen LogP contribution is 2.38. The van der Waals surface area contributed by atoms with E-state index in [0.29, 0.717) is 31.5 Å². The number of carbonyl (C=O) groups is 2. The summed E-state index contributed by atoms with van der Waals surface area (Å²) in [5, 5.41) is 6.23. The molecule has 0 aromatic rings. The number of amides is 2. The Morgan fingerprint density at radius 2 is 1.70 bits per heavy atom. The van der Waals surface area contributed by atoms with Crippen molar-refractivity contribution in [3.63, 3.8) is 0 Å². The molecule has 3 rings (SSSR count). The predicted molar refractivity (Wildman–Crippen MR) is 132 cm³/mol. The first-order chi connectivity index (χ1) is 15.9. The molecule has 1 atom stereocenters. The van der Waals surface area contributed by atoms with Gasteiger partial charge >= 0.3 is 0 Å². The van der Waals surface area contributed by atoms with Crippen molar-refractivity contribution in [1.82, 2.24) is 20.4 Å². The van der Waals surface area contributed by atoms with Crippen molar-refractivity contribution in [2.45, 2.75) is 90.6 Å². The number of nitrogens with one attached hydrogen (secondary N) is 2. The molecule has 3 saturated heterocycles. The van der Waals surface area contributed by atoms with Gasteiger partial charge in [0.05, 0.1) is 5.41 Å². The van der Waals surface area contributed by atoms with E-state index in [2.05, 4.69) is 41.2 Å². The summed E-state index contributed by atoms with van der Waals surface area (Å²) < 4.78 is 5.76. The molecule has 0 aromatic heterocycles. The van der Waals surface area contributed by atoms with E-state index < -0.39 is 6.04 Å². The fourth-order valence-electron chi connectivity index (χ4n) is 5.80. The average Bonchev–Trinajstić information content (AvgIpc) is 2.82. The first-order valence-electron chi connectivity index (χ1n) is 13.6. The molecular formula is C26H48N4O3. The monoisotopic (exact) mass is 464 g/mol. The van der Waals surface area contributed by atoms with Crippen LogP contribution >= 0.6 is 0 Å². The Bertz CT molecular complexity index is 611. The fraction of sp³-hybridized carbons (Fsp3) is 0.923. The normalized spacial score (nSPS) is 27.8. The van der Waals surface area contributed by atoms with E-state index >= 15 is 0 Å². The van der Waals surface area contributed by atoms with Crippen molar-refractivity contribution >= 4 is 11.8 Å². The zero-order valence-electron chi connectivity index (χ0n) is 21.4. The molecule has 3 aliphatic rings. The van der Waals surface area contributed by atoms with Crippen LogP contribution in [0.3, 0.4) is 0 Å². The van der Waals surface area contributed by atoms with Crippen LogP contribution in [0.25, 0.3) is 0 Å². The molecule has 0 aromatic carbocycles. The van der Waals surface area contributed by atoms with Gasteiger partial charge in [0.2, 0.25) is 11.8 Å². The lowest BCUT2D eigenvalue weighted by Crippen LogP contribution is -2.56. The SMILES string of the molecule is CCN1CCC(N2CCC3(CCCCOCCCNC(=O)[C@H](CC(C)C)NC3=O)CC2)CC1. The summed E-state index contributed by atoms with van der Waals surface area (Å²) in [5.41, 5.74) is -0.361. The van der Waals surface area contributed by atoms with E-state index in [1.807, 2.05) is 0 Å². The van der Waals surface area contributed by atoms with Gasteiger partial charge in [-0.2, -0.15) is 0 Å². The molecule has 0 bridgehead atoms. The minimum absolute atomic E-state index is 0.0515. The van der Waals surface area contributed by atoms with Crippen LogP contribution in [0.4, 0.5) is 0 Å². The number of rotatable bonds is 4. The third-order valence-corrected chi connectivity index (χ3v) is 8.05. The molecule has 1 spiro atoms. The van der Waals surface area contributed by atoms with Gasteiger partial charge in [-0.1, -0.05) is 27.2 Å². The van der Waals surface area contributed by atoms with Crippen molar-refractivity contribution in [3.05, 3.63) is 0 Å². The van der Waals surface area contributed by atoms with Gasteiger partial charge in [-0.15, -0.1) is 0 Å². The molecule has 0 saturated carbocycles. The van der Waals surface area contributed by atoms with E-state index in [0.717, 1.165) is 64.8 Å². The Morgan fingerprint density at radius 1 is 1.00 bits per heavy atom. The zero-order valence-corrected chi connectivity index (χ0v) is 21.4. The molecule has 2 amide bonds. The topological polar surface area (TPSA) is 73.9 Å². The molecule has 3 aliphatic heterocycles. The van der Waals surface area contributed by atoms with Gasteiger partial charge in [0, 0.05) is 25.8 Å². The number of nitrogens with zero attached hydrogens (tertiary/aromatic N) is 2. The van der Waals surface area contributed by atoms with Crippen LogP contribution in [0.1, 0.15) is 78.6 Å². The van der Waals surface area contributed by atoms with Gasteiger partial charge in [0.1, 0.15) is 6.04 Å².